The standard InChI is InChI=1S/C20H30F2NO3.BrH/c1-23(2)12-9-17(10-13-23)26-18(24)20(25,15-6-4-3-5-7-15)16-8-11-19(21,22)14-16;/h3-7,16-18,24-25H,8-14H2,1-2H3;1H/q+1;/p-1/t16-,18?,20+;/m1./s1. The number of nitrogens with zero attached hydrogens (tertiary/aromatic N) is 1. The summed E-state index contributed by atoms with van der Waals surface area (Å²) in [5.41, 5.74) is -1.40. The fourth-order valence-corrected chi connectivity index (χ4v) is 4.28. The monoisotopic (exact) mass is 449 g/mol. The normalized spacial score (nSPS) is 28.1. The summed E-state index contributed by atoms with van der Waals surface area (Å²) < 4.78 is 34.4. The first-order valence-corrected chi connectivity index (χ1v) is 9.44. The first-order valence-electron chi connectivity index (χ1n) is 9.44. The molecule has 1 aromatic rings. The Morgan fingerprint density at radius 2 is 1.74 bits per heavy atom. The third kappa shape index (κ3) is 5.07. The molecule has 1 heterocycles. The molecule has 4 nitrogen and oxygen atoms in total. The maximum atomic E-state index is 13.8. The summed E-state index contributed by atoms with van der Waals surface area (Å²) >= 11 is 0. The molecule has 7 heteroatoms. The fourth-order valence-electron chi connectivity index (χ4n) is 4.28. The van der Waals surface area contributed by atoms with Gasteiger partial charge in [-0.25, -0.2) is 8.78 Å². The van der Waals surface area contributed by atoms with Crippen LogP contribution in [0.1, 0.15) is 37.7 Å². The van der Waals surface area contributed by atoms with Crippen LogP contribution in [-0.2, 0) is 10.3 Å². The summed E-state index contributed by atoms with van der Waals surface area (Å²) in [6.07, 6.45) is -0.697. The zero-order valence-electron chi connectivity index (χ0n) is 16.0. The molecule has 0 bridgehead atoms. The average molecular weight is 450 g/mol. The number of rotatable bonds is 5. The van der Waals surface area contributed by atoms with Gasteiger partial charge in [0.2, 0.25) is 5.92 Å². The molecule has 0 amide bonds. The highest BCUT2D eigenvalue weighted by atomic mass is 79.9. The maximum Gasteiger partial charge on any atom is 0.248 e. The Kier molecular flexibility index (Phi) is 7.07. The van der Waals surface area contributed by atoms with Crippen LogP contribution in [0.2, 0.25) is 0 Å². The van der Waals surface area contributed by atoms with Gasteiger partial charge in [-0.1, -0.05) is 30.3 Å². The van der Waals surface area contributed by atoms with Gasteiger partial charge in [-0.15, -0.1) is 0 Å². The minimum absolute atomic E-state index is 0. The average Bonchev–Trinajstić information content (AvgIpc) is 2.97. The third-order valence-electron chi connectivity index (χ3n) is 6.07. The molecular formula is C20H30BrF2NO3. The Morgan fingerprint density at radius 1 is 1.15 bits per heavy atom. The quantitative estimate of drug-likeness (QED) is 0.487. The number of aliphatic hydroxyl groups is 2. The summed E-state index contributed by atoms with van der Waals surface area (Å²) in [5, 5.41) is 22.2. The van der Waals surface area contributed by atoms with E-state index in [1.165, 1.54) is 0 Å². The lowest BCUT2D eigenvalue weighted by Crippen LogP contribution is -3.00. The smallest absolute Gasteiger partial charge is 0.248 e. The topological polar surface area (TPSA) is 49.7 Å². The second kappa shape index (κ2) is 8.41. The van der Waals surface area contributed by atoms with Crippen LogP contribution in [0.25, 0.3) is 0 Å². The molecule has 2 fully saturated rings. The minimum atomic E-state index is -2.81. The van der Waals surface area contributed by atoms with Gasteiger partial charge >= 0.3 is 0 Å². The first kappa shape index (κ1) is 22.7. The Labute approximate surface area is 170 Å². The fraction of sp³-hybridized carbons (Fsp3) is 0.700. The van der Waals surface area contributed by atoms with Crippen LogP contribution < -0.4 is 17.0 Å². The predicted octanol–water partition coefficient (Wildman–Crippen LogP) is -0.113. The van der Waals surface area contributed by atoms with Crippen molar-refractivity contribution in [2.75, 3.05) is 27.2 Å². The summed E-state index contributed by atoms with van der Waals surface area (Å²) in [4.78, 5) is 0. The van der Waals surface area contributed by atoms with Gasteiger partial charge in [0.1, 0.15) is 5.60 Å². The molecule has 1 unspecified atom stereocenters. The van der Waals surface area contributed by atoms with Crippen molar-refractivity contribution in [1.29, 1.82) is 0 Å². The number of benzene rings is 1. The van der Waals surface area contributed by atoms with Crippen LogP contribution in [0.15, 0.2) is 30.3 Å². The Balaban J connectivity index is 0.00000261. The zero-order valence-corrected chi connectivity index (χ0v) is 17.5. The van der Waals surface area contributed by atoms with E-state index >= 15 is 0 Å². The van der Waals surface area contributed by atoms with E-state index in [9.17, 15) is 19.0 Å². The number of hydrogen-bond acceptors (Lipinski definition) is 3. The lowest BCUT2D eigenvalue weighted by atomic mass is 9.79. The van der Waals surface area contributed by atoms with E-state index in [1.807, 2.05) is 0 Å². The molecule has 27 heavy (non-hydrogen) atoms. The SMILES string of the molecule is C[N+]1(C)CCC(OC(O)[C@](O)(c2ccccc2)[C@@H]2CCC(F)(F)C2)CC1.[Br-]. The van der Waals surface area contributed by atoms with Gasteiger partial charge in [0.05, 0.1) is 33.3 Å². The Morgan fingerprint density at radius 3 is 2.26 bits per heavy atom. The molecule has 0 aromatic heterocycles. The van der Waals surface area contributed by atoms with Gasteiger partial charge in [-0.05, 0) is 12.0 Å². The van der Waals surface area contributed by atoms with Crippen molar-refractivity contribution in [2.45, 2.75) is 56.0 Å². The van der Waals surface area contributed by atoms with Crippen molar-refractivity contribution in [3.63, 3.8) is 0 Å². The Bertz CT molecular complexity index is 607. The van der Waals surface area contributed by atoms with E-state index in [1.54, 1.807) is 30.3 Å². The highest BCUT2D eigenvalue weighted by molar-refractivity contribution is 5.25. The number of hydrogen-bond donors (Lipinski definition) is 2. The molecule has 0 spiro atoms. The van der Waals surface area contributed by atoms with Gasteiger partial charge in [0, 0.05) is 31.6 Å². The van der Waals surface area contributed by atoms with Gasteiger partial charge < -0.3 is 36.4 Å². The number of likely N-dealkylation sites (tertiary alicyclic amines) is 1. The number of quaternary nitrogens is 1. The molecule has 1 saturated heterocycles. The van der Waals surface area contributed by atoms with E-state index < -0.39 is 30.2 Å². The van der Waals surface area contributed by atoms with Gasteiger partial charge in [0.15, 0.2) is 6.29 Å². The van der Waals surface area contributed by atoms with E-state index in [0.29, 0.717) is 5.56 Å². The lowest BCUT2D eigenvalue weighted by molar-refractivity contribution is -0.896. The van der Waals surface area contributed by atoms with E-state index in [-0.39, 0.29) is 35.9 Å². The highest BCUT2D eigenvalue weighted by Crippen LogP contribution is 2.49. The summed E-state index contributed by atoms with van der Waals surface area (Å²) in [6.45, 7) is 1.84. The molecule has 1 aromatic carbocycles. The highest BCUT2D eigenvalue weighted by Gasteiger charge is 2.54. The van der Waals surface area contributed by atoms with E-state index in [4.69, 9.17) is 4.74 Å². The second-order valence-electron chi connectivity index (χ2n) is 8.56. The van der Waals surface area contributed by atoms with Crippen LogP contribution in [0.3, 0.4) is 0 Å². The van der Waals surface area contributed by atoms with Crippen molar-refractivity contribution in [2.24, 2.45) is 5.92 Å². The minimum Gasteiger partial charge on any atom is -1.00 e. The summed E-state index contributed by atoms with van der Waals surface area (Å²) in [6, 6.07) is 8.61. The summed E-state index contributed by atoms with van der Waals surface area (Å²) in [5.74, 6) is -3.55. The van der Waals surface area contributed by atoms with E-state index in [2.05, 4.69) is 14.1 Å². The van der Waals surface area contributed by atoms with Crippen molar-refractivity contribution < 1.29 is 45.2 Å². The number of halogens is 3. The number of piperidine rings is 1. The number of alkyl halides is 2. The van der Waals surface area contributed by atoms with Crippen molar-refractivity contribution >= 4 is 0 Å². The van der Waals surface area contributed by atoms with Crippen molar-refractivity contribution in [3.8, 4) is 0 Å². The van der Waals surface area contributed by atoms with Crippen LogP contribution in [0, 0.1) is 5.92 Å². The van der Waals surface area contributed by atoms with Crippen molar-refractivity contribution in [3.05, 3.63) is 35.9 Å². The lowest BCUT2D eigenvalue weighted by Gasteiger charge is -2.42. The zero-order chi connectivity index (χ0) is 19.0. The van der Waals surface area contributed by atoms with Gasteiger partial charge in [0.25, 0.3) is 0 Å². The first-order chi connectivity index (χ1) is 12.1. The Hall–Kier alpha value is -0.600. The number of aliphatic hydroxyl groups excluding tert-OH is 1. The molecular weight excluding hydrogens is 420 g/mol. The maximum absolute atomic E-state index is 13.8. The summed E-state index contributed by atoms with van der Waals surface area (Å²) in [7, 11) is 4.29. The molecule has 154 valence electrons. The third-order valence-corrected chi connectivity index (χ3v) is 6.07. The largest absolute Gasteiger partial charge is 1.00 e. The van der Waals surface area contributed by atoms with Crippen LogP contribution in [-0.4, -0.2) is 60.2 Å². The van der Waals surface area contributed by atoms with Crippen LogP contribution in [0.5, 0.6) is 0 Å². The predicted molar refractivity (Wildman–Crippen MR) is 94.6 cm³/mol. The molecule has 0 radical (unpaired) electrons. The molecule has 1 aliphatic heterocycles. The molecule has 1 aliphatic carbocycles. The van der Waals surface area contributed by atoms with Crippen LogP contribution in [0.4, 0.5) is 8.78 Å². The van der Waals surface area contributed by atoms with Crippen molar-refractivity contribution in [1.82, 2.24) is 0 Å². The number of ether oxygens (including phenoxy) is 1. The van der Waals surface area contributed by atoms with Gasteiger partial charge in [-0.2, -0.15) is 0 Å². The van der Waals surface area contributed by atoms with E-state index in [0.717, 1.165) is 30.4 Å². The second-order valence-corrected chi connectivity index (χ2v) is 8.56. The molecule has 2 aliphatic rings. The molecule has 2 N–H and O–H groups in total. The van der Waals surface area contributed by atoms with Gasteiger partial charge in [-0.3, -0.25) is 0 Å². The molecule has 3 atom stereocenters. The molecule has 3 rings (SSSR count). The molecule has 1 saturated carbocycles. The van der Waals surface area contributed by atoms with Crippen LogP contribution >= 0.6 is 0 Å².